The molecule has 22 heavy (non-hydrogen) atoms. The summed E-state index contributed by atoms with van der Waals surface area (Å²) in [6.07, 6.45) is 0.0741. The summed E-state index contributed by atoms with van der Waals surface area (Å²) < 4.78 is 65.7. The van der Waals surface area contributed by atoms with Crippen molar-refractivity contribution in [3.63, 3.8) is 0 Å². The summed E-state index contributed by atoms with van der Waals surface area (Å²) in [6, 6.07) is 5.31. The van der Waals surface area contributed by atoms with Crippen molar-refractivity contribution in [3.8, 4) is 0 Å². The zero-order valence-corrected chi connectivity index (χ0v) is 11.8. The highest BCUT2D eigenvalue weighted by Crippen LogP contribution is 2.20. The van der Waals surface area contributed by atoms with Crippen molar-refractivity contribution in [1.29, 1.82) is 0 Å². The van der Waals surface area contributed by atoms with E-state index in [2.05, 4.69) is 9.68 Å². The Kier molecular flexibility index (Phi) is 4.79. The molecule has 1 aromatic heterocycles. The number of alkyl halides is 3. The fraction of sp³-hybridized carbons (Fsp3) is 0.333. The van der Waals surface area contributed by atoms with E-state index in [1.807, 2.05) is 0 Å². The molecule has 10 heteroatoms. The molecule has 1 unspecified atom stereocenters. The number of benzene rings is 1. The third kappa shape index (κ3) is 4.03. The lowest BCUT2D eigenvalue weighted by atomic mass is 10.1. The molecular weight excluding hydrogens is 328 g/mol. The van der Waals surface area contributed by atoms with E-state index in [0.717, 1.165) is 4.57 Å². The summed E-state index contributed by atoms with van der Waals surface area (Å²) in [5, 5.41) is 3.48. The van der Waals surface area contributed by atoms with Gasteiger partial charge in [0.05, 0.1) is 5.75 Å². The molecule has 0 bridgehead atoms. The Morgan fingerprint density at radius 3 is 2.45 bits per heavy atom. The van der Waals surface area contributed by atoms with Gasteiger partial charge in [-0.05, 0) is 17.7 Å². The van der Waals surface area contributed by atoms with Gasteiger partial charge in [0.25, 0.3) is 0 Å². The minimum absolute atomic E-state index is 0.0741. The van der Waals surface area contributed by atoms with Crippen LogP contribution in [-0.2, 0) is 23.8 Å². The smallest absolute Gasteiger partial charge is 0.296 e. The maximum absolute atomic E-state index is 12.8. The lowest BCUT2D eigenvalue weighted by Crippen LogP contribution is -2.26. The minimum atomic E-state index is -4.84. The van der Waals surface area contributed by atoms with Gasteiger partial charge in [0.15, 0.2) is 5.82 Å². The van der Waals surface area contributed by atoms with Crippen molar-refractivity contribution in [1.82, 2.24) is 9.72 Å². The second-order valence-electron chi connectivity index (χ2n) is 4.31. The molecule has 0 fully saturated rings. The van der Waals surface area contributed by atoms with E-state index in [1.54, 1.807) is 0 Å². The molecule has 1 atom stereocenters. The Balaban J connectivity index is 2.13. The lowest BCUT2D eigenvalue weighted by molar-refractivity contribution is -0.0384. The van der Waals surface area contributed by atoms with Crippen molar-refractivity contribution in [3.05, 3.63) is 52.0 Å². The van der Waals surface area contributed by atoms with Gasteiger partial charge in [-0.3, -0.25) is 13.3 Å². The Bertz CT molecular complexity index is 721. The Morgan fingerprint density at radius 1 is 1.23 bits per heavy atom. The van der Waals surface area contributed by atoms with Gasteiger partial charge in [-0.25, -0.2) is 9.18 Å². The van der Waals surface area contributed by atoms with Gasteiger partial charge in [0.2, 0.25) is 0 Å². The Hall–Kier alpha value is -1.97. The van der Waals surface area contributed by atoms with Gasteiger partial charge >= 0.3 is 11.3 Å². The van der Waals surface area contributed by atoms with Crippen LogP contribution in [0, 0.1) is 5.82 Å². The molecule has 5 nitrogen and oxygen atoms in total. The predicted molar refractivity (Wildman–Crippen MR) is 69.0 cm³/mol. The highest BCUT2D eigenvalue weighted by Gasteiger charge is 2.36. The van der Waals surface area contributed by atoms with E-state index in [1.165, 1.54) is 24.3 Å². The monoisotopic (exact) mass is 338 g/mol. The van der Waals surface area contributed by atoms with Gasteiger partial charge in [-0.2, -0.15) is 13.2 Å². The molecule has 0 aliphatic heterocycles. The summed E-state index contributed by atoms with van der Waals surface area (Å²) in [6.45, 7) is -0.440. The molecular formula is C12H10F4N2O3S. The zero-order chi connectivity index (χ0) is 16.3. The summed E-state index contributed by atoms with van der Waals surface area (Å²) >= 11 is 0. The van der Waals surface area contributed by atoms with Gasteiger partial charge in [-0.1, -0.05) is 17.3 Å². The first kappa shape index (κ1) is 16.4. The average Bonchev–Trinajstić information content (AvgIpc) is 2.78. The molecule has 1 heterocycles. The molecule has 0 aliphatic carbocycles. The second kappa shape index (κ2) is 6.42. The number of hydrogen-bond acceptors (Lipinski definition) is 4. The zero-order valence-electron chi connectivity index (χ0n) is 11.0. The minimum Gasteiger partial charge on any atom is -0.296 e. The number of rotatable bonds is 5. The summed E-state index contributed by atoms with van der Waals surface area (Å²) in [5.74, 6) is -2.07. The van der Waals surface area contributed by atoms with Gasteiger partial charge in [0.1, 0.15) is 16.6 Å². The number of hydrogen-bond donors (Lipinski definition) is 0. The van der Waals surface area contributed by atoms with Crippen molar-refractivity contribution < 1.29 is 26.3 Å². The number of halogens is 4. The summed E-state index contributed by atoms with van der Waals surface area (Å²) in [5.41, 5.74) is -4.24. The normalized spacial score (nSPS) is 13.3. The van der Waals surface area contributed by atoms with Crippen molar-refractivity contribution >= 4 is 10.8 Å². The molecule has 1 aromatic carbocycles. The van der Waals surface area contributed by atoms with Crippen molar-refractivity contribution in [2.45, 2.75) is 18.5 Å². The van der Waals surface area contributed by atoms with E-state index in [4.69, 9.17) is 0 Å². The van der Waals surface area contributed by atoms with Gasteiger partial charge in [0, 0.05) is 13.0 Å². The van der Waals surface area contributed by atoms with Crippen molar-refractivity contribution in [2.24, 2.45) is 0 Å². The van der Waals surface area contributed by atoms with Gasteiger partial charge in [-0.15, -0.1) is 0 Å². The highest BCUT2D eigenvalue weighted by atomic mass is 32.2. The van der Waals surface area contributed by atoms with Crippen LogP contribution in [0.25, 0.3) is 0 Å². The molecule has 2 rings (SSSR count). The molecule has 0 radical (unpaired) electrons. The number of aromatic nitrogens is 2. The predicted octanol–water partition coefficient (Wildman–Crippen LogP) is 1.83. The number of nitrogens with zero attached hydrogens (tertiary/aromatic N) is 2. The van der Waals surface area contributed by atoms with Crippen LogP contribution in [-0.4, -0.2) is 25.2 Å². The summed E-state index contributed by atoms with van der Waals surface area (Å²) in [7, 11) is -3.07. The van der Waals surface area contributed by atoms with Crippen LogP contribution >= 0.6 is 0 Å². The van der Waals surface area contributed by atoms with Crippen LogP contribution in [0.2, 0.25) is 0 Å². The third-order valence-corrected chi connectivity index (χ3v) is 3.86. The maximum Gasteiger partial charge on any atom is 0.471 e. The third-order valence-electron chi connectivity index (χ3n) is 2.80. The lowest BCUT2D eigenvalue weighted by Gasteiger charge is -2.07. The topological polar surface area (TPSA) is 65.1 Å². The van der Waals surface area contributed by atoms with Gasteiger partial charge < -0.3 is 0 Å². The Labute approximate surface area is 124 Å². The standard InChI is InChI=1S/C12H10F4N2O3S/c13-9-3-1-8(2-4-9)7-10-17-21-11(19)18(10)5-6-22(20)12(14,15)16/h1-4H,5-7H2. The Morgan fingerprint density at radius 2 is 1.86 bits per heavy atom. The van der Waals surface area contributed by atoms with E-state index < -0.39 is 40.2 Å². The molecule has 0 N–H and O–H groups in total. The molecule has 0 spiro atoms. The molecule has 2 aromatic rings. The van der Waals surface area contributed by atoms with Crippen LogP contribution in [0.15, 0.2) is 33.6 Å². The fourth-order valence-corrected chi connectivity index (χ4v) is 2.30. The van der Waals surface area contributed by atoms with Crippen LogP contribution < -0.4 is 5.76 Å². The molecule has 120 valence electrons. The molecule has 0 saturated heterocycles. The first-order valence-corrected chi connectivity index (χ1v) is 7.34. The first-order valence-electron chi connectivity index (χ1n) is 6.02. The fourth-order valence-electron chi connectivity index (χ4n) is 1.72. The summed E-state index contributed by atoms with van der Waals surface area (Å²) in [4.78, 5) is 11.4. The van der Waals surface area contributed by atoms with Crippen LogP contribution in [0.3, 0.4) is 0 Å². The largest absolute Gasteiger partial charge is 0.471 e. The SMILES string of the molecule is O=c1onc(Cc2ccc(F)cc2)n1CCS(=O)C(F)(F)F. The van der Waals surface area contributed by atoms with Crippen LogP contribution in [0.4, 0.5) is 17.6 Å². The van der Waals surface area contributed by atoms with Crippen molar-refractivity contribution in [2.75, 3.05) is 5.75 Å². The molecule has 0 amide bonds. The van der Waals surface area contributed by atoms with Crippen LogP contribution in [0.5, 0.6) is 0 Å². The quantitative estimate of drug-likeness (QED) is 0.781. The molecule has 0 saturated carbocycles. The second-order valence-corrected chi connectivity index (χ2v) is 5.88. The van der Waals surface area contributed by atoms with E-state index in [0.29, 0.717) is 5.56 Å². The van der Waals surface area contributed by atoms with E-state index in [-0.39, 0.29) is 12.2 Å². The highest BCUT2D eigenvalue weighted by molar-refractivity contribution is 7.85. The average molecular weight is 338 g/mol. The molecule has 0 aliphatic rings. The van der Waals surface area contributed by atoms with E-state index >= 15 is 0 Å². The van der Waals surface area contributed by atoms with Crippen LogP contribution in [0.1, 0.15) is 11.4 Å². The maximum atomic E-state index is 12.8. The first-order chi connectivity index (χ1) is 10.3. The van der Waals surface area contributed by atoms with E-state index in [9.17, 15) is 26.6 Å².